The van der Waals surface area contributed by atoms with E-state index in [-0.39, 0.29) is 5.91 Å². The molecule has 24 heavy (non-hydrogen) atoms. The molecule has 0 bridgehead atoms. The van der Waals surface area contributed by atoms with Crippen LogP contribution in [0.1, 0.15) is 43.0 Å². The van der Waals surface area contributed by atoms with Crippen LogP contribution in [-0.4, -0.2) is 23.5 Å². The van der Waals surface area contributed by atoms with E-state index in [2.05, 4.69) is 30.4 Å². The molecule has 2 heterocycles. The van der Waals surface area contributed by atoms with Gasteiger partial charge in [0.2, 0.25) is 5.91 Å². The Morgan fingerprint density at radius 2 is 2.12 bits per heavy atom. The number of hydrogen-bond acceptors (Lipinski definition) is 4. The van der Waals surface area contributed by atoms with Gasteiger partial charge in [-0.1, -0.05) is 18.9 Å². The van der Waals surface area contributed by atoms with Gasteiger partial charge in [-0.15, -0.1) is 11.3 Å². The number of hydrogen-bond donors (Lipinski definition) is 1. The van der Waals surface area contributed by atoms with Gasteiger partial charge in [0.25, 0.3) is 0 Å². The van der Waals surface area contributed by atoms with Crippen LogP contribution < -0.4 is 10.2 Å². The number of nitrogens with one attached hydrogen (secondary N) is 1. The Bertz CT molecular complexity index is 777. The molecule has 0 atom stereocenters. The van der Waals surface area contributed by atoms with Crippen LogP contribution in [0, 0.1) is 6.92 Å². The highest BCUT2D eigenvalue weighted by molar-refractivity contribution is 7.16. The van der Waals surface area contributed by atoms with E-state index in [4.69, 9.17) is 4.98 Å². The van der Waals surface area contributed by atoms with Crippen molar-refractivity contribution in [1.29, 1.82) is 0 Å². The molecule has 1 N–H and O–H groups in total. The summed E-state index contributed by atoms with van der Waals surface area (Å²) in [4.78, 5) is 19.7. The minimum Gasteiger partial charge on any atom is -0.359 e. The summed E-state index contributed by atoms with van der Waals surface area (Å²) in [5.41, 5.74) is 4.54. The lowest BCUT2D eigenvalue weighted by Gasteiger charge is -2.14. The molecule has 0 radical (unpaired) electrons. The predicted molar refractivity (Wildman–Crippen MR) is 99.9 cm³/mol. The summed E-state index contributed by atoms with van der Waals surface area (Å²) < 4.78 is 0. The topological polar surface area (TPSA) is 45.2 Å². The van der Waals surface area contributed by atoms with Gasteiger partial charge in [0.15, 0.2) is 5.13 Å². The first-order chi connectivity index (χ1) is 11.6. The van der Waals surface area contributed by atoms with Crippen molar-refractivity contribution in [2.75, 3.05) is 16.8 Å². The van der Waals surface area contributed by atoms with Gasteiger partial charge >= 0.3 is 0 Å². The van der Waals surface area contributed by atoms with Crippen LogP contribution in [0.15, 0.2) is 18.2 Å². The van der Waals surface area contributed by atoms with Gasteiger partial charge in [0, 0.05) is 35.6 Å². The largest absolute Gasteiger partial charge is 0.359 e. The van der Waals surface area contributed by atoms with E-state index < -0.39 is 0 Å². The molecule has 5 heteroatoms. The number of aromatic nitrogens is 1. The number of carbonyl (C=O) groups excluding carboxylic acids is 1. The van der Waals surface area contributed by atoms with Crippen molar-refractivity contribution in [3.05, 3.63) is 28.6 Å². The van der Waals surface area contributed by atoms with Crippen molar-refractivity contribution in [2.24, 2.45) is 0 Å². The molecule has 1 amide bonds. The normalized spacial score (nSPS) is 17.3. The van der Waals surface area contributed by atoms with Gasteiger partial charge in [-0.2, -0.15) is 0 Å². The highest BCUT2D eigenvalue weighted by Crippen LogP contribution is 2.36. The highest BCUT2D eigenvalue weighted by atomic mass is 32.1. The van der Waals surface area contributed by atoms with E-state index >= 15 is 0 Å². The van der Waals surface area contributed by atoms with E-state index in [0.29, 0.717) is 6.04 Å². The number of nitrogens with zero attached hydrogens (tertiary/aromatic N) is 2. The number of amides is 1. The second-order valence-corrected chi connectivity index (χ2v) is 8.02. The number of carbonyl (C=O) groups is 1. The third-order valence-electron chi connectivity index (χ3n) is 5.11. The Kier molecular flexibility index (Phi) is 4.04. The zero-order valence-corrected chi connectivity index (χ0v) is 15.1. The van der Waals surface area contributed by atoms with Crippen molar-refractivity contribution in [2.45, 2.75) is 52.0 Å². The standard InChI is InChI=1S/C19H23N3OS/c1-12-18(21-19(24-12)20-16-5-3-4-6-16)15-7-8-17-14(11-15)9-10-22(17)13(2)23/h7-8,11,16H,3-6,9-10H2,1-2H3,(H,20,21). The molecule has 0 spiro atoms. The molecule has 1 aliphatic heterocycles. The monoisotopic (exact) mass is 341 g/mol. The first-order valence-corrected chi connectivity index (χ1v) is 9.59. The lowest BCUT2D eigenvalue weighted by Crippen LogP contribution is -2.25. The molecule has 0 unspecified atom stereocenters. The van der Waals surface area contributed by atoms with Crippen molar-refractivity contribution < 1.29 is 4.79 Å². The maximum atomic E-state index is 11.7. The zero-order valence-electron chi connectivity index (χ0n) is 14.3. The zero-order chi connectivity index (χ0) is 16.7. The molecule has 4 rings (SSSR count). The summed E-state index contributed by atoms with van der Waals surface area (Å²) in [5, 5.41) is 4.64. The smallest absolute Gasteiger partial charge is 0.223 e. The number of benzene rings is 1. The number of aryl methyl sites for hydroxylation is 1. The Balaban J connectivity index is 1.60. The van der Waals surface area contributed by atoms with E-state index in [1.807, 2.05) is 4.90 Å². The number of fused-ring (bicyclic) bond motifs is 1. The number of rotatable bonds is 3. The quantitative estimate of drug-likeness (QED) is 0.901. The molecule has 0 saturated heterocycles. The second-order valence-electron chi connectivity index (χ2n) is 6.81. The third-order valence-corrected chi connectivity index (χ3v) is 6.01. The van der Waals surface area contributed by atoms with Crippen molar-refractivity contribution in [3.8, 4) is 11.3 Å². The molecule has 126 valence electrons. The second kappa shape index (κ2) is 6.20. The van der Waals surface area contributed by atoms with Gasteiger partial charge in [-0.25, -0.2) is 4.98 Å². The Morgan fingerprint density at radius 3 is 2.88 bits per heavy atom. The molecule has 2 aromatic rings. The van der Waals surface area contributed by atoms with Crippen molar-refractivity contribution in [3.63, 3.8) is 0 Å². The minimum absolute atomic E-state index is 0.120. The van der Waals surface area contributed by atoms with E-state index in [1.54, 1.807) is 18.3 Å². The molecule has 1 aliphatic carbocycles. The maximum Gasteiger partial charge on any atom is 0.223 e. The molecule has 4 nitrogen and oxygen atoms in total. The molecular weight excluding hydrogens is 318 g/mol. The molecule has 2 aliphatic rings. The van der Waals surface area contributed by atoms with Gasteiger partial charge in [0.1, 0.15) is 0 Å². The summed E-state index contributed by atoms with van der Waals surface area (Å²) in [7, 11) is 0. The van der Waals surface area contributed by atoms with Gasteiger partial charge < -0.3 is 10.2 Å². The van der Waals surface area contributed by atoms with Crippen molar-refractivity contribution in [1.82, 2.24) is 4.98 Å². The van der Waals surface area contributed by atoms with Gasteiger partial charge in [-0.05, 0) is 43.9 Å². The van der Waals surface area contributed by atoms with Gasteiger partial charge in [0.05, 0.1) is 5.69 Å². The summed E-state index contributed by atoms with van der Waals surface area (Å²) >= 11 is 1.75. The summed E-state index contributed by atoms with van der Waals surface area (Å²) in [6.07, 6.45) is 6.10. The first-order valence-electron chi connectivity index (χ1n) is 8.77. The predicted octanol–water partition coefficient (Wildman–Crippen LogP) is 4.38. The Labute approximate surface area is 146 Å². The average Bonchev–Trinajstić information content (AvgIpc) is 3.26. The van der Waals surface area contributed by atoms with Crippen LogP contribution in [0.25, 0.3) is 11.3 Å². The average molecular weight is 341 g/mol. The summed E-state index contributed by atoms with van der Waals surface area (Å²) in [6.45, 7) is 4.56. The Hall–Kier alpha value is -1.88. The number of thiazole rings is 1. The minimum atomic E-state index is 0.120. The Morgan fingerprint density at radius 1 is 1.33 bits per heavy atom. The van der Waals surface area contributed by atoms with Gasteiger partial charge in [-0.3, -0.25) is 4.79 Å². The van der Waals surface area contributed by atoms with Crippen LogP contribution in [0.4, 0.5) is 10.8 Å². The fourth-order valence-corrected chi connectivity index (χ4v) is 4.76. The lowest BCUT2D eigenvalue weighted by atomic mass is 10.1. The van der Waals surface area contributed by atoms with Crippen molar-refractivity contribution >= 4 is 28.1 Å². The van der Waals surface area contributed by atoms with Crippen LogP contribution >= 0.6 is 11.3 Å². The fraction of sp³-hybridized carbons (Fsp3) is 0.474. The third kappa shape index (κ3) is 2.81. The molecular formula is C19H23N3OS. The maximum absolute atomic E-state index is 11.7. The summed E-state index contributed by atoms with van der Waals surface area (Å²) in [6, 6.07) is 6.97. The SMILES string of the molecule is CC(=O)N1CCc2cc(-c3nc(NC4CCCC4)sc3C)ccc21. The van der Waals surface area contributed by atoms with E-state index in [1.165, 1.54) is 36.1 Å². The first kappa shape index (κ1) is 15.6. The van der Waals surface area contributed by atoms with Crippen LogP contribution in [-0.2, 0) is 11.2 Å². The molecule has 1 aromatic carbocycles. The molecule has 1 fully saturated rings. The van der Waals surface area contributed by atoms with Crippen LogP contribution in [0.5, 0.6) is 0 Å². The summed E-state index contributed by atoms with van der Waals surface area (Å²) in [5.74, 6) is 0.120. The molecule has 1 aromatic heterocycles. The highest BCUT2D eigenvalue weighted by Gasteiger charge is 2.23. The molecule has 1 saturated carbocycles. The van der Waals surface area contributed by atoms with Crippen LogP contribution in [0.2, 0.25) is 0 Å². The van der Waals surface area contributed by atoms with E-state index in [9.17, 15) is 4.79 Å². The number of anilines is 2. The lowest BCUT2D eigenvalue weighted by molar-refractivity contribution is -0.116. The van der Waals surface area contributed by atoms with Crippen LogP contribution in [0.3, 0.4) is 0 Å². The van der Waals surface area contributed by atoms with E-state index in [0.717, 1.165) is 35.0 Å². The fourth-order valence-electron chi connectivity index (χ4n) is 3.85.